The summed E-state index contributed by atoms with van der Waals surface area (Å²) in [5.41, 5.74) is -0.325. The van der Waals surface area contributed by atoms with Crippen LogP contribution in [-0.2, 0) is 13.0 Å². The topological polar surface area (TPSA) is 125 Å². The number of halogens is 1. The van der Waals surface area contributed by atoms with Crippen LogP contribution in [0.1, 0.15) is 36.5 Å². The minimum absolute atomic E-state index is 0.0541. The number of aryl methyl sites for hydroxylation is 1. The summed E-state index contributed by atoms with van der Waals surface area (Å²) in [4.78, 5) is 42.2. The Hall–Kier alpha value is -4.41. The van der Waals surface area contributed by atoms with Crippen LogP contribution in [0.5, 0.6) is 0 Å². The van der Waals surface area contributed by atoms with Gasteiger partial charge in [0.15, 0.2) is 5.69 Å². The molecule has 0 aliphatic carbocycles. The minimum Gasteiger partial charge on any atom is -0.345 e. The monoisotopic (exact) mass is 478 g/mol. The SMILES string of the molecule is CCn1c(=O)c(-c2noc(C(=O)N[C@@H](C)CCc3ccccc3)n2)nn(-c2ccc(F)cc2)c1=O. The maximum absolute atomic E-state index is 13.3. The molecule has 1 atom stereocenters. The molecule has 0 aliphatic heterocycles. The number of nitrogens with one attached hydrogen (secondary N) is 1. The maximum Gasteiger partial charge on any atom is 0.352 e. The lowest BCUT2D eigenvalue weighted by Gasteiger charge is -2.12. The van der Waals surface area contributed by atoms with Gasteiger partial charge in [-0.15, -0.1) is 0 Å². The van der Waals surface area contributed by atoms with Crippen LogP contribution >= 0.6 is 0 Å². The number of carbonyl (C=O) groups is 1. The first-order valence-electron chi connectivity index (χ1n) is 11.1. The quantitative estimate of drug-likeness (QED) is 0.412. The summed E-state index contributed by atoms with van der Waals surface area (Å²) >= 11 is 0. The molecule has 10 nitrogen and oxygen atoms in total. The number of nitrogens with zero attached hydrogens (tertiary/aromatic N) is 5. The second-order valence-electron chi connectivity index (χ2n) is 7.89. The summed E-state index contributed by atoms with van der Waals surface area (Å²) in [6.45, 7) is 3.53. The highest BCUT2D eigenvalue weighted by Gasteiger charge is 2.23. The van der Waals surface area contributed by atoms with Crippen molar-refractivity contribution in [2.24, 2.45) is 0 Å². The summed E-state index contributed by atoms with van der Waals surface area (Å²) in [6.07, 6.45) is 1.48. The average Bonchev–Trinajstić information content (AvgIpc) is 3.35. The van der Waals surface area contributed by atoms with E-state index in [2.05, 4.69) is 20.6 Å². The van der Waals surface area contributed by atoms with Gasteiger partial charge in [0.1, 0.15) is 5.82 Å². The van der Waals surface area contributed by atoms with Gasteiger partial charge in [0.05, 0.1) is 5.69 Å². The lowest BCUT2D eigenvalue weighted by molar-refractivity contribution is 0.0894. The van der Waals surface area contributed by atoms with E-state index in [4.69, 9.17) is 4.52 Å². The molecule has 2 aromatic heterocycles. The molecule has 0 bridgehead atoms. The molecular weight excluding hydrogens is 455 g/mol. The van der Waals surface area contributed by atoms with Gasteiger partial charge in [-0.25, -0.2) is 9.18 Å². The summed E-state index contributed by atoms with van der Waals surface area (Å²) < 4.78 is 20.3. The van der Waals surface area contributed by atoms with Crippen LogP contribution in [0.15, 0.2) is 68.7 Å². The predicted molar refractivity (Wildman–Crippen MR) is 125 cm³/mol. The highest BCUT2D eigenvalue weighted by Crippen LogP contribution is 2.11. The zero-order valence-electron chi connectivity index (χ0n) is 19.1. The summed E-state index contributed by atoms with van der Waals surface area (Å²) in [7, 11) is 0. The van der Waals surface area contributed by atoms with Crippen LogP contribution in [0.2, 0.25) is 0 Å². The van der Waals surface area contributed by atoms with Crippen LogP contribution < -0.4 is 16.6 Å². The van der Waals surface area contributed by atoms with Crippen molar-refractivity contribution >= 4 is 5.91 Å². The zero-order chi connectivity index (χ0) is 24.9. The van der Waals surface area contributed by atoms with E-state index in [9.17, 15) is 18.8 Å². The molecule has 1 amide bonds. The summed E-state index contributed by atoms with van der Waals surface area (Å²) in [5, 5.41) is 10.6. The molecule has 2 aromatic carbocycles. The molecule has 0 unspecified atom stereocenters. The third-order valence-corrected chi connectivity index (χ3v) is 5.37. The molecule has 2 heterocycles. The van der Waals surface area contributed by atoms with Gasteiger partial charge in [0, 0.05) is 12.6 Å². The van der Waals surface area contributed by atoms with Crippen LogP contribution in [0.3, 0.4) is 0 Å². The van der Waals surface area contributed by atoms with Crippen LogP contribution in [0.4, 0.5) is 4.39 Å². The van der Waals surface area contributed by atoms with E-state index < -0.39 is 23.0 Å². The van der Waals surface area contributed by atoms with E-state index in [0.29, 0.717) is 6.42 Å². The van der Waals surface area contributed by atoms with E-state index in [1.807, 2.05) is 37.3 Å². The van der Waals surface area contributed by atoms with Gasteiger partial charge in [-0.2, -0.15) is 14.8 Å². The fourth-order valence-electron chi connectivity index (χ4n) is 3.48. The summed E-state index contributed by atoms with van der Waals surface area (Å²) in [6, 6.07) is 14.7. The van der Waals surface area contributed by atoms with Crippen molar-refractivity contribution in [3.05, 3.63) is 92.7 Å². The van der Waals surface area contributed by atoms with Gasteiger partial charge in [-0.05, 0) is 56.5 Å². The molecular formula is C24H23FN6O4. The van der Waals surface area contributed by atoms with Crippen molar-refractivity contribution in [2.45, 2.75) is 39.3 Å². The normalized spacial score (nSPS) is 11.9. The van der Waals surface area contributed by atoms with Gasteiger partial charge in [0.25, 0.3) is 5.56 Å². The van der Waals surface area contributed by atoms with Crippen LogP contribution in [0.25, 0.3) is 17.2 Å². The highest BCUT2D eigenvalue weighted by molar-refractivity contribution is 5.90. The molecule has 11 heteroatoms. The third kappa shape index (κ3) is 5.24. The Labute approximate surface area is 199 Å². The Morgan fingerprint density at radius 2 is 1.83 bits per heavy atom. The van der Waals surface area contributed by atoms with Crippen LogP contribution in [-0.4, -0.2) is 36.4 Å². The fourth-order valence-corrected chi connectivity index (χ4v) is 3.48. The van der Waals surface area contributed by atoms with Gasteiger partial charge in [-0.1, -0.05) is 35.5 Å². The van der Waals surface area contributed by atoms with Crippen molar-refractivity contribution in [1.82, 2.24) is 29.8 Å². The van der Waals surface area contributed by atoms with Gasteiger partial charge in [0.2, 0.25) is 5.82 Å². The Balaban J connectivity index is 1.57. The fraction of sp³-hybridized carbons (Fsp3) is 0.250. The Bertz CT molecular complexity index is 1440. The van der Waals surface area contributed by atoms with Crippen molar-refractivity contribution in [1.29, 1.82) is 0 Å². The zero-order valence-corrected chi connectivity index (χ0v) is 19.1. The van der Waals surface area contributed by atoms with Gasteiger partial charge in [-0.3, -0.25) is 14.2 Å². The van der Waals surface area contributed by atoms with E-state index in [1.165, 1.54) is 24.3 Å². The molecule has 1 N–H and O–H groups in total. The highest BCUT2D eigenvalue weighted by atomic mass is 19.1. The van der Waals surface area contributed by atoms with Crippen molar-refractivity contribution in [2.75, 3.05) is 0 Å². The Morgan fingerprint density at radius 3 is 2.51 bits per heavy atom. The molecule has 0 saturated carbocycles. The largest absolute Gasteiger partial charge is 0.352 e. The van der Waals surface area contributed by atoms with E-state index >= 15 is 0 Å². The average molecular weight is 478 g/mol. The lowest BCUT2D eigenvalue weighted by atomic mass is 10.1. The maximum atomic E-state index is 13.3. The second-order valence-corrected chi connectivity index (χ2v) is 7.89. The van der Waals surface area contributed by atoms with Crippen LogP contribution in [0, 0.1) is 5.82 Å². The van der Waals surface area contributed by atoms with Gasteiger partial charge >= 0.3 is 17.5 Å². The number of hydrogen-bond acceptors (Lipinski definition) is 7. The molecule has 0 fully saturated rings. The standard InChI is InChI=1S/C24H23FN6O4/c1-3-30-23(33)19(28-31(24(30)34)18-13-11-17(25)12-14-18)20-27-22(35-29-20)21(32)26-15(2)9-10-16-7-5-4-6-8-16/h4-8,11-15H,3,9-10H2,1-2H3,(H,26,32)/t15-/m0/s1. The number of aromatic nitrogens is 5. The van der Waals surface area contributed by atoms with E-state index in [1.54, 1.807) is 6.92 Å². The first kappa shape index (κ1) is 23.7. The first-order valence-corrected chi connectivity index (χ1v) is 11.1. The molecule has 0 aliphatic rings. The molecule has 35 heavy (non-hydrogen) atoms. The Kier molecular flexibility index (Phi) is 6.95. The number of benzene rings is 2. The molecule has 0 spiro atoms. The lowest BCUT2D eigenvalue weighted by Crippen LogP contribution is -2.41. The number of hydrogen-bond donors (Lipinski definition) is 1. The molecule has 180 valence electrons. The van der Waals surface area contributed by atoms with Gasteiger partial charge < -0.3 is 9.84 Å². The minimum atomic E-state index is -0.736. The Morgan fingerprint density at radius 1 is 1.11 bits per heavy atom. The van der Waals surface area contributed by atoms with E-state index in [-0.39, 0.29) is 35.7 Å². The molecule has 4 rings (SSSR count). The summed E-state index contributed by atoms with van der Waals surface area (Å²) in [5.74, 6) is -1.66. The van der Waals surface area contributed by atoms with Crippen molar-refractivity contribution in [3.8, 4) is 17.2 Å². The molecule has 4 aromatic rings. The molecule has 0 radical (unpaired) electrons. The first-order chi connectivity index (χ1) is 16.9. The van der Waals surface area contributed by atoms with Crippen molar-refractivity contribution in [3.63, 3.8) is 0 Å². The number of rotatable bonds is 8. The smallest absolute Gasteiger partial charge is 0.345 e. The number of carbonyl (C=O) groups excluding carboxylic acids is 1. The third-order valence-electron chi connectivity index (χ3n) is 5.37. The predicted octanol–water partition coefficient (Wildman–Crippen LogP) is 2.35. The molecule has 0 saturated heterocycles. The second kappa shape index (κ2) is 10.2. The van der Waals surface area contributed by atoms with E-state index in [0.717, 1.165) is 21.2 Å². The van der Waals surface area contributed by atoms with Crippen molar-refractivity contribution < 1.29 is 13.7 Å². The number of amides is 1.